The molecule has 0 aromatic heterocycles. The summed E-state index contributed by atoms with van der Waals surface area (Å²) in [5.41, 5.74) is 1.82. The van der Waals surface area contributed by atoms with Crippen molar-refractivity contribution in [2.75, 3.05) is 7.11 Å². The maximum atomic E-state index is 12.9. The highest BCUT2D eigenvalue weighted by molar-refractivity contribution is 7.86. The van der Waals surface area contributed by atoms with Crippen molar-refractivity contribution in [3.8, 4) is 0 Å². The molecule has 21 heavy (non-hydrogen) atoms. The first-order chi connectivity index (χ1) is 9.92. The molecule has 6 heteroatoms. The molecule has 0 unspecified atom stereocenters. The average Bonchev–Trinajstić information content (AvgIpc) is 2.47. The fourth-order valence-electron chi connectivity index (χ4n) is 1.92. The molecule has 2 aromatic rings. The summed E-state index contributed by atoms with van der Waals surface area (Å²) < 4.78 is 40.4. The Hall–Kier alpha value is -1.43. The molecule has 0 radical (unpaired) electrons. The minimum atomic E-state index is -3.66. The van der Waals surface area contributed by atoms with E-state index in [-0.39, 0.29) is 10.7 Å². The molecule has 3 nitrogen and oxygen atoms in total. The Bertz CT molecular complexity index is 727. The van der Waals surface area contributed by atoms with Gasteiger partial charge in [0.15, 0.2) is 0 Å². The Morgan fingerprint density at radius 1 is 1.10 bits per heavy atom. The molecule has 0 N–H and O–H groups in total. The van der Waals surface area contributed by atoms with E-state index in [1.807, 2.05) is 0 Å². The Balaban J connectivity index is 2.07. The molecule has 0 amide bonds. The third-order valence-electron chi connectivity index (χ3n) is 3.13. The Morgan fingerprint density at radius 3 is 2.33 bits per heavy atom. The molecule has 0 bridgehead atoms. The maximum absolute atomic E-state index is 12.9. The Morgan fingerprint density at radius 2 is 1.76 bits per heavy atom. The SMILES string of the molecule is COS(=O)(=O)c1ccc(CCc2ccc(F)cc2Cl)cc1. The summed E-state index contributed by atoms with van der Waals surface area (Å²) in [6.45, 7) is 0. The molecule has 2 aromatic carbocycles. The predicted octanol–water partition coefficient (Wildman–Crippen LogP) is 3.60. The Kier molecular flexibility index (Phi) is 4.98. The molecule has 0 spiro atoms. The summed E-state index contributed by atoms with van der Waals surface area (Å²) in [6, 6.07) is 10.8. The van der Waals surface area contributed by atoms with E-state index >= 15 is 0 Å². The van der Waals surface area contributed by atoms with Crippen molar-refractivity contribution in [3.05, 3.63) is 64.4 Å². The number of hydrogen-bond donors (Lipinski definition) is 0. The van der Waals surface area contributed by atoms with Crippen LogP contribution in [-0.4, -0.2) is 15.5 Å². The summed E-state index contributed by atoms with van der Waals surface area (Å²) in [5.74, 6) is -0.363. The quantitative estimate of drug-likeness (QED) is 0.788. The number of aryl methyl sites for hydroxylation is 2. The average molecular weight is 329 g/mol. The standard InChI is InChI=1S/C15H14ClFO3S/c1-20-21(18,19)14-8-3-11(4-9-14)2-5-12-6-7-13(17)10-15(12)16/h3-4,6-10H,2,5H2,1H3. The van der Waals surface area contributed by atoms with Crippen LogP contribution in [-0.2, 0) is 27.1 Å². The van der Waals surface area contributed by atoms with E-state index in [2.05, 4.69) is 4.18 Å². The summed E-state index contributed by atoms with van der Waals surface area (Å²) in [7, 11) is -2.53. The topological polar surface area (TPSA) is 43.4 Å². The van der Waals surface area contributed by atoms with Gasteiger partial charge in [0.05, 0.1) is 12.0 Å². The van der Waals surface area contributed by atoms with Crippen molar-refractivity contribution in [2.45, 2.75) is 17.7 Å². The van der Waals surface area contributed by atoms with Gasteiger partial charge >= 0.3 is 0 Å². The second kappa shape index (κ2) is 6.56. The summed E-state index contributed by atoms with van der Waals surface area (Å²) >= 11 is 5.96. The maximum Gasteiger partial charge on any atom is 0.296 e. The minimum Gasteiger partial charge on any atom is -0.270 e. The lowest BCUT2D eigenvalue weighted by molar-refractivity contribution is 0.398. The van der Waals surface area contributed by atoms with Gasteiger partial charge in [0, 0.05) is 5.02 Å². The van der Waals surface area contributed by atoms with Crippen molar-refractivity contribution in [3.63, 3.8) is 0 Å². The predicted molar refractivity (Wildman–Crippen MR) is 79.5 cm³/mol. The molecular weight excluding hydrogens is 315 g/mol. The van der Waals surface area contributed by atoms with Gasteiger partial charge in [-0.2, -0.15) is 8.42 Å². The van der Waals surface area contributed by atoms with Crippen molar-refractivity contribution in [1.29, 1.82) is 0 Å². The van der Waals surface area contributed by atoms with Crippen molar-refractivity contribution in [1.82, 2.24) is 0 Å². The first-order valence-electron chi connectivity index (χ1n) is 6.26. The van der Waals surface area contributed by atoms with Gasteiger partial charge in [-0.1, -0.05) is 29.8 Å². The zero-order valence-electron chi connectivity index (χ0n) is 11.3. The molecule has 0 aliphatic heterocycles. The number of halogens is 2. The molecule has 0 saturated heterocycles. The van der Waals surface area contributed by atoms with Crippen LogP contribution < -0.4 is 0 Å². The molecular formula is C15H14ClFO3S. The van der Waals surface area contributed by atoms with Crippen LogP contribution >= 0.6 is 11.6 Å². The van der Waals surface area contributed by atoms with Crippen LogP contribution in [0, 0.1) is 5.82 Å². The lowest BCUT2D eigenvalue weighted by Crippen LogP contribution is -2.02. The summed E-state index contributed by atoms with van der Waals surface area (Å²) in [5, 5.41) is 0.397. The molecule has 0 saturated carbocycles. The zero-order chi connectivity index (χ0) is 15.5. The van der Waals surface area contributed by atoms with Crippen molar-refractivity contribution < 1.29 is 17.0 Å². The normalized spacial score (nSPS) is 11.6. The van der Waals surface area contributed by atoms with E-state index in [0.29, 0.717) is 17.9 Å². The van der Waals surface area contributed by atoms with Gasteiger partial charge in [0.25, 0.3) is 10.1 Å². The molecule has 2 rings (SSSR count). The lowest BCUT2D eigenvalue weighted by Gasteiger charge is -2.06. The van der Waals surface area contributed by atoms with Crippen LogP contribution in [0.4, 0.5) is 4.39 Å². The van der Waals surface area contributed by atoms with Crippen LogP contribution in [0.25, 0.3) is 0 Å². The Labute approximate surface area is 128 Å². The minimum absolute atomic E-state index is 0.119. The van der Waals surface area contributed by atoms with Crippen LogP contribution in [0.5, 0.6) is 0 Å². The van der Waals surface area contributed by atoms with Crippen LogP contribution in [0.2, 0.25) is 5.02 Å². The molecule has 0 fully saturated rings. The first kappa shape index (κ1) is 15.9. The van der Waals surface area contributed by atoms with E-state index in [4.69, 9.17) is 11.6 Å². The first-order valence-corrected chi connectivity index (χ1v) is 8.04. The van der Waals surface area contributed by atoms with Gasteiger partial charge in [0.2, 0.25) is 0 Å². The van der Waals surface area contributed by atoms with E-state index < -0.39 is 10.1 Å². The largest absolute Gasteiger partial charge is 0.296 e. The summed E-state index contributed by atoms with van der Waals surface area (Å²) in [4.78, 5) is 0.119. The highest BCUT2D eigenvalue weighted by Crippen LogP contribution is 2.20. The van der Waals surface area contributed by atoms with Gasteiger partial charge in [-0.3, -0.25) is 4.18 Å². The number of benzene rings is 2. The summed E-state index contributed by atoms with van der Waals surface area (Å²) in [6.07, 6.45) is 1.33. The van der Waals surface area contributed by atoms with Gasteiger partial charge in [-0.15, -0.1) is 0 Å². The number of hydrogen-bond acceptors (Lipinski definition) is 3. The third-order valence-corrected chi connectivity index (χ3v) is 4.77. The van der Waals surface area contributed by atoms with E-state index in [1.54, 1.807) is 18.2 Å². The third kappa shape index (κ3) is 4.03. The van der Waals surface area contributed by atoms with Crippen LogP contribution in [0.1, 0.15) is 11.1 Å². The fraction of sp³-hybridized carbons (Fsp3) is 0.200. The van der Waals surface area contributed by atoms with Crippen LogP contribution in [0.3, 0.4) is 0 Å². The molecule has 0 aliphatic rings. The van der Waals surface area contributed by atoms with E-state index in [0.717, 1.165) is 18.2 Å². The molecule has 112 valence electrons. The van der Waals surface area contributed by atoms with Gasteiger partial charge in [-0.05, 0) is 48.2 Å². The van der Waals surface area contributed by atoms with Gasteiger partial charge < -0.3 is 0 Å². The highest BCUT2D eigenvalue weighted by Gasteiger charge is 2.12. The van der Waals surface area contributed by atoms with Crippen molar-refractivity contribution >= 4 is 21.7 Å². The second-order valence-electron chi connectivity index (χ2n) is 4.50. The highest BCUT2D eigenvalue weighted by atomic mass is 35.5. The molecule has 0 aliphatic carbocycles. The molecule has 0 atom stereocenters. The van der Waals surface area contributed by atoms with E-state index in [1.165, 1.54) is 24.3 Å². The monoisotopic (exact) mass is 328 g/mol. The molecule has 0 heterocycles. The smallest absolute Gasteiger partial charge is 0.270 e. The van der Waals surface area contributed by atoms with Crippen molar-refractivity contribution in [2.24, 2.45) is 0 Å². The van der Waals surface area contributed by atoms with Gasteiger partial charge in [-0.25, -0.2) is 4.39 Å². The number of rotatable bonds is 5. The lowest BCUT2D eigenvalue weighted by atomic mass is 10.0. The van der Waals surface area contributed by atoms with E-state index in [9.17, 15) is 12.8 Å². The van der Waals surface area contributed by atoms with Gasteiger partial charge in [0.1, 0.15) is 5.82 Å². The van der Waals surface area contributed by atoms with Crippen LogP contribution in [0.15, 0.2) is 47.4 Å². The zero-order valence-corrected chi connectivity index (χ0v) is 12.9. The second-order valence-corrected chi connectivity index (χ2v) is 6.62. The fourth-order valence-corrected chi connectivity index (χ4v) is 2.85.